The molecule has 0 saturated carbocycles. The highest BCUT2D eigenvalue weighted by atomic mass is 127. The normalized spacial score (nSPS) is 15.4. The summed E-state index contributed by atoms with van der Waals surface area (Å²) in [7, 11) is 1.64. The molecule has 1 fully saturated rings. The lowest BCUT2D eigenvalue weighted by atomic mass is 10.1. The number of amides is 1. The Balaban J connectivity index is 0.00000124. The maximum atomic E-state index is 12.8. The second-order valence-electron chi connectivity index (χ2n) is 6.99. The van der Waals surface area contributed by atoms with Gasteiger partial charge in [-0.15, -0.1) is 0 Å². The molecular weight excluding hydrogens is 495 g/mol. The van der Waals surface area contributed by atoms with Crippen LogP contribution in [0.3, 0.4) is 0 Å². The van der Waals surface area contributed by atoms with Crippen LogP contribution in [0.5, 0.6) is 11.5 Å². The summed E-state index contributed by atoms with van der Waals surface area (Å²) in [5, 5.41) is 7.11. The number of fused-ring (bicyclic) bond motifs is 1. The van der Waals surface area contributed by atoms with Crippen LogP contribution in [0, 0.1) is 6.92 Å². The lowest BCUT2D eigenvalue weighted by Crippen LogP contribution is -2.36. The molecule has 2 N–H and O–H groups in total. The Bertz CT molecular complexity index is 996. The maximum Gasteiger partial charge on any atom is 0.255 e. The minimum absolute atomic E-state index is 0.102. The Morgan fingerprint density at radius 1 is 1.23 bits per heavy atom. The lowest BCUT2D eigenvalue weighted by Gasteiger charge is -2.11. The van der Waals surface area contributed by atoms with Gasteiger partial charge < -0.3 is 24.5 Å². The summed E-state index contributed by atoms with van der Waals surface area (Å²) in [4.78, 5) is 14.8. The number of aryl methyl sites for hydroxylation is 1. The number of ether oxygens (including phenoxy) is 2. The second-order valence-corrected chi connectivity index (χ2v) is 6.99. The fraction of sp³-hybridized carbons (Fsp3) is 0.348. The molecule has 1 aromatic heterocycles. The Kier molecular flexibility index (Phi) is 7.98. The summed E-state index contributed by atoms with van der Waals surface area (Å²) < 4.78 is 17.0. The molecule has 1 aliphatic heterocycles. The summed E-state index contributed by atoms with van der Waals surface area (Å²) in [6, 6.07) is 13.5. The Labute approximate surface area is 190 Å². The van der Waals surface area contributed by atoms with Crippen molar-refractivity contribution < 1.29 is 18.7 Å². The number of carbonyl (C=O) groups is 1. The highest BCUT2D eigenvalue weighted by Crippen LogP contribution is 2.29. The molecule has 160 valence electrons. The molecule has 1 aliphatic rings. The van der Waals surface area contributed by atoms with Gasteiger partial charge in [0.1, 0.15) is 29.4 Å². The molecule has 1 atom stereocenters. The zero-order valence-electron chi connectivity index (χ0n) is 17.5. The van der Waals surface area contributed by atoms with Gasteiger partial charge in [-0.05, 0) is 60.7 Å². The van der Waals surface area contributed by atoms with Crippen LogP contribution in [0.2, 0.25) is 0 Å². The Morgan fingerprint density at radius 3 is 2.80 bits per heavy atom. The molecule has 7 heteroatoms. The van der Waals surface area contributed by atoms with Crippen molar-refractivity contribution in [2.75, 3.05) is 25.1 Å². The number of furan rings is 1. The average molecular weight is 522 g/mol. The van der Waals surface area contributed by atoms with Crippen LogP contribution in [0.1, 0.15) is 28.1 Å². The Hall–Kier alpha value is -2.26. The van der Waals surface area contributed by atoms with Gasteiger partial charge in [-0.1, -0.05) is 34.7 Å². The third-order valence-electron chi connectivity index (χ3n) is 5.00. The average Bonchev–Trinajstić information content (AvgIpc) is 3.40. The largest absolute Gasteiger partial charge is 0.497 e. The van der Waals surface area contributed by atoms with E-state index in [0.717, 1.165) is 36.2 Å². The van der Waals surface area contributed by atoms with Gasteiger partial charge in [-0.2, -0.15) is 0 Å². The minimum Gasteiger partial charge on any atom is -0.497 e. The zero-order valence-corrected chi connectivity index (χ0v) is 19.6. The monoisotopic (exact) mass is 522 g/mol. The molecular formula is C23H27IN2O4. The first kappa shape index (κ1) is 22.4. The zero-order chi connectivity index (χ0) is 21.5. The first-order chi connectivity index (χ1) is 14.6. The summed E-state index contributed by atoms with van der Waals surface area (Å²) in [6.07, 6.45) is 0.940. The Morgan fingerprint density at radius 2 is 2.07 bits per heavy atom. The molecule has 0 bridgehead atoms. The predicted molar refractivity (Wildman–Crippen MR) is 127 cm³/mol. The van der Waals surface area contributed by atoms with E-state index in [1.807, 2.05) is 54.3 Å². The van der Waals surface area contributed by atoms with Crippen molar-refractivity contribution in [2.45, 2.75) is 26.0 Å². The number of rotatable bonds is 6. The molecule has 3 aromatic rings. The number of hydrogen-bond donors (Lipinski definition) is 2. The van der Waals surface area contributed by atoms with Crippen molar-refractivity contribution >= 4 is 39.5 Å². The number of alkyl halides is 1. The molecule has 2 aromatic carbocycles. The number of halogens is 1. The van der Waals surface area contributed by atoms with Gasteiger partial charge in [0.05, 0.1) is 12.7 Å². The van der Waals surface area contributed by atoms with E-state index in [4.69, 9.17) is 13.9 Å². The number of methoxy groups -OCH3 is 1. The first-order valence-electron chi connectivity index (χ1n) is 9.82. The molecule has 1 amide bonds. The van der Waals surface area contributed by atoms with Crippen LogP contribution in [-0.4, -0.2) is 37.1 Å². The van der Waals surface area contributed by atoms with Crippen molar-refractivity contribution in [1.29, 1.82) is 0 Å². The smallest absolute Gasteiger partial charge is 0.255 e. The first-order valence-corrected chi connectivity index (χ1v) is 12.0. The van der Waals surface area contributed by atoms with Crippen molar-refractivity contribution in [3.63, 3.8) is 0 Å². The van der Waals surface area contributed by atoms with Crippen molar-refractivity contribution in [3.8, 4) is 11.5 Å². The maximum absolute atomic E-state index is 12.8. The van der Waals surface area contributed by atoms with E-state index in [0.29, 0.717) is 29.3 Å². The van der Waals surface area contributed by atoms with E-state index in [1.54, 1.807) is 7.11 Å². The summed E-state index contributed by atoms with van der Waals surface area (Å²) in [5.74, 6) is 1.99. The van der Waals surface area contributed by atoms with E-state index < -0.39 is 0 Å². The van der Waals surface area contributed by atoms with Gasteiger partial charge in [-0.25, -0.2) is 0 Å². The topological polar surface area (TPSA) is 72.7 Å². The van der Waals surface area contributed by atoms with Gasteiger partial charge >= 0.3 is 0 Å². The predicted octanol–water partition coefficient (Wildman–Crippen LogP) is 4.47. The van der Waals surface area contributed by atoms with Gasteiger partial charge in [0, 0.05) is 18.0 Å². The van der Waals surface area contributed by atoms with E-state index in [1.165, 1.54) is 0 Å². The van der Waals surface area contributed by atoms with Crippen LogP contribution in [-0.2, 0) is 6.61 Å². The van der Waals surface area contributed by atoms with Crippen LogP contribution < -0.4 is 20.1 Å². The van der Waals surface area contributed by atoms with Gasteiger partial charge in [0.2, 0.25) is 0 Å². The lowest BCUT2D eigenvalue weighted by molar-refractivity contribution is 0.0940. The summed E-state index contributed by atoms with van der Waals surface area (Å²) in [5.41, 5.74) is 2.27. The molecule has 0 radical (unpaired) electrons. The van der Waals surface area contributed by atoms with Crippen LogP contribution in [0.4, 0.5) is 0 Å². The number of benzene rings is 2. The van der Waals surface area contributed by atoms with Crippen molar-refractivity contribution in [1.82, 2.24) is 10.6 Å². The van der Waals surface area contributed by atoms with Crippen LogP contribution in [0.25, 0.3) is 11.0 Å². The molecule has 1 saturated heterocycles. The third-order valence-corrected chi connectivity index (χ3v) is 5.00. The van der Waals surface area contributed by atoms with Crippen LogP contribution >= 0.6 is 22.6 Å². The van der Waals surface area contributed by atoms with Crippen LogP contribution in [0.15, 0.2) is 46.9 Å². The molecule has 4 rings (SSSR count). The van der Waals surface area contributed by atoms with E-state index in [2.05, 4.69) is 33.2 Å². The molecule has 30 heavy (non-hydrogen) atoms. The van der Waals surface area contributed by atoms with E-state index >= 15 is 0 Å². The van der Waals surface area contributed by atoms with Gasteiger partial charge in [0.25, 0.3) is 5.91 Å². The second kappa shape index (κ2) is 10.7. The fourth-order valence-corrected chi connectivity index (χ4v) is 3.54. The highest BCUT2D eigenvalue weighted by Gasteiger charge is 2.23. The quantitative estimate of drug-likeness (QED) is 0.369. The van der Waals surface area contributed by atoms with Crippen molar-refractivity contribution in [3.05, 3.63) is 59.4 Å². The molecule has 1 unspecified atom stereocenters. The van der Waals surface area contributed by atoms with Gasteiger partial charge in [-0.3, -0.25) is 4.79 Å². The van der Waals surface area contributed by atoms with Gasteiger partial charge in [0.15, 0.2) is 0 Å². The SMILES string of the molecule is CI.COc1cccc(COc2ccc3oc(C)c(C(=O)NC4CCNC4)c3c2)c1. The van der Waals surface area contributed by atoms with E-state index in [9.17, 15) is 4.79 Å². The summed E-state index contributed by atoms with van der Waals surface area (Å²) in [6.45, 7) is 3.96. The number of carbonyl (C=O) groups excluding carboxylic acids is 1. The molecule has 6 nitrogen and oxygen atoms in total. The van der Waals surface area contributed by atoms with E-state index in [-0.39, 0.29) is 11.9 Å². The molecule has 2 heterocycles. The minimum atomic E-state index is -0.102. The molecule has 0 spiro atoms. The highest BCUT2D eigenvalue weighted by molar-refractivity contribution is 14.1. The standard InChI is InChI=1S/C22H24N2O4.CH3I/c1-14-21(22(25)24-16-8-9-23-12-16)19-11-18(6-7-20(19)28-14)27-13-15-4-3-5-17(10-15)26-2;1-2/h3-7,10-11,16,23H,8-9,12-13H2,1-2H3,(H,24,25);1H3. The van der Waals surface area contributed by atoms with Crippen molar-refractivity contribution in [2.24, 2.45) is 0 Å². The summed E-state index contributed by atoms with van der Waals surface area (Å²) >= 11 is 2.15. The number of nitrogens with one attached hydrogen (secondary N) is 2. The molecule has 0 aliphatic carbocycles. The number of hydrogen-bond acceptors (Lipinski definition) is 5. The third kappa shape index (κ3) is 5.26. The fourth-order valence-electron chi connectivity index (χ4n) is 3.54.